The maximum absolute atomic E-state index is 8.45. The van der Waals surface area contributed by atoms with E-state index in [2.05, 4.69) is 0 Å². The van der Waals surface area contributed by atoms with Gasteiger partial charge in [-0.2, -0.15) is 10.5 Å². The molecule has 0 heterocycles. The van der Waals surface area contributed by atoms with Gasteiger partial charge in [0.2, 0.25) is 0 Å². The summed E-state index contributed by atoms with van der Waals surface area (Å²) >= 11 is 0. The quantitative estimate of drug-likeness (QED) is 0.472. The summed E-state index contributed by atoms with van der Waals surface area (Å²) in [5, 5.41) is 25.3. The molecule has 0 aliphatic heterocycles. The van der Waals surface area contributed by atoms with E-state index in [0.717, 1.165) is 0 Å². The lowest BCUT2D eigenvalue weighted by Crippen LogP contribution is -1.76. The second-order valence-electron chi connectivity index (χ2n) is 1.91. The molecule has 0 aromatic rings. The van der Waals surface area contributed by atoms with Crippen LogP contribution < -0.4 is 0 Å². The third kappa shape index (κ3) is 1.09. The Hall–Kier alpha value is -2.09. The van der Waals surface area contributed by atoms with Crippen molar-refractivity contribution in [2.75, 3.05) is 0 Å². The number of rotatable bonds is 0. The molecule has 0 unspecified atom stereocenters. The van der Waals surface area contributed by atoms with Gasteiger partial charge in [0.1, 0.15) is 6.07 Å². The van der Waals surface area contributed by atoms with E-state index in [1.54, 1.807) is 0 Å². The van der Waals surface area contributed by atoms with Crippen molar-refractivity contribution in [2.45, 2.75) is 0 Å². The van der Waals surface area contributed by atoms with Crippen molar-refractivity contribution in [2.24, 2.45) is 0 Å². The molecule has 1 aliphatic carbocycles. The third-order valence-electron chi connectivity index (χ3n) is 1.26. The van der Waals surface area contributed by atoms with Gasteiger partial charge in [0.25, 0.3) is 0 Å². The Bertz CT molecular complexity index is 379. The van der Waals surface area contributed by atoms with Crippen LogP contribution in [0.5, 0.6) is 0 Å². The monoisotopic (exact) mass is 140 g/mol. The van der Waals surface area contributed by atoms with Gasteiger partial charge in [-0.25, -0.2) is 0 Å². The summed E-state index contributed by atoms with van der Waals surface area (Å²) < 4.78 is 0. The minimum absolute atomic E-state index is 0.268. The topological polar surface area (TPSA) is 69.9 Å². The molecule has 1 rings (SSSR count). The number of nitrogens with zero attached hydrogens (tertiary/aromatic N) is 3. The van der Waals surface area contributed by atoms with Crippen LogP contribution in [0.3, 0.4) is 0 Å². The summed E-state index contributed by atoms with van der Waals surface area (Å²) in [6.07, 6.45) is 2.80. The first-order valence-corrected chi connectivity index (χ1v) is 2.83. The van der Waals surface area contributed by atoms with Gasteiger partial charge in [-0.05, 0) is 12.2 Å². The van der Waals surface area contributed by atoms with Gasteiger partial charge >= 0.3 is 0 Å². The summed E-state index contributed by atoms with van der Waals surface area (Å²) in [4.78, 5) is 0. The molecule has 0 N–H and O–H groups in total. The normalized spacial score (nSPS) is 14.2. The first kappa shape index (κ1) is 7.02. The van der Waals surface area contributed by atoms with E-state index in [-0.39, 0.29) is 11.1 Å². The van der Waals surface area contributed by atoms with Gasteiger partial charge in [0.15, 0.2) is 0 Å². The van der Waals surface area contributed by atoms with Crippen LogP contribution in [-0.2, 0) is 0 Å². The molecule has 3 nitrogen and oxygen atoms in total. The zero-order chi connectivity index (χ0) is 8.27. The van der Waals surface area contributed by atoms with Gasteiger partial charge in [0.05, 0.1) is 17.2 Å². The lowest BCUT2D eigenvalue weighted by molar-refractivity contribution is 1.49. The smallest absolute Gasteiger partial charge is 0.100 e. The van der Waals surface area contributed by atoms with Crippen LogP contribution in [0, 0.1) is 22.7 Å². The highest BCUT2D eigenvalue weighted by atomic mass is 14.3. The molecule has 0 radical (unpaired) electrons. The Labute approximate surface area is 63.7 Å². The molecule has 0 saturated carbocycles. The Morgan fingerprint density at radius 3 is 2.27 bits per heavy atom. The van der Waals surface area contributed by atoms with Crippen LogP contribution in [0.15, 0.2) is 28.9 Å². The van der Waals surface area contributed by atoms with Gasteiger partial charge in [-0.1, -0.05) is 0 Å². The predicted molar refractivity (Wildman–Crippen MR) is 39.3 cm³/mol. The Balaban J connectivity index is 3.21. The Morgan fingerprint density at radius 2 is 1.91 bits per heavy atom. The van der Waals surface area contributed by atoms with Gasteiger partial charge in [0, 0.05) is 5.57 Å². The molecule has 0 saturated heterocycles. The van der Waals surface area contributed by atoms with Crippen LogP contribution in [0.2, 0.25) is 0 Å². The van der Waals surface area contributed by atoms with Crippen LogP contribution in [-0.4, -0.2) is 5.87 Å². The fourth-order valence-corrected chi connectivity index (χ4v) is 0.758. The lowest BCUT2D eigenvalue weighted by Gasteiger charge is -1.87. The van der Waals surface area contributed by atoms with E-state index in [1.165, 1.54) is 12.2 Å². The minimum Gasteiger partial charge on any atom is -0.763 e. The van der Waals surface area contributed by atoms with E-state index < -0.39 is 0 Å². The van der Waals surface area contributed by atoms with Crippen LogP contribution >= 0.6 is 0 Å². The van der Waals surface area contributed by atoms with Crippen LogP contribution in [0.25, 0.3) is 5.41 Å². The maximum Gasteiger partial charge on any atom is 0.100 e. The molecule has 0 fully saturated rings. The first-order valence-electron chi connectivity index (χ1n) is 2.83. The van der Waals surface area contributed by atoms with Crippen molar-refractivity contribution in [3.05, 3.63) is 34.3 Å². The minimum atomic E-state index is 0.268. The van der Waals surface area contributed by atoms with Crippen molar-refractivity contribution in [3.63, 3.8) is 0 Å². The maximum atomic E-state index is 8.45. The molecule has 11 heavy (non-hydrogen) atoms. The zero-order valence-electron chi connectivity index (χ0n) is 5.50. The average molecular weight is 140 g/mol. The second-order valence-corrected chi connectivity index (χ2v) is 1.91. The van der Waals surface area contributed by atoms with E-state index in [9.17, 15) is 0 Å². The molecule has 1 aliphatic rings. The fourth-order valence-electron chi connectivity index (χ4n) is 0.758. The van der Waals surface area contributed by atoms with Crippen molar-refractivity contribution in [3.8, 4) is 12.1 Å². The fraction of sp³-hybridized carbons (Fsp3) is 0. The summed E-state index contributed by atoms with van der Waals surface area (Å²) in [5.74, 6) is 1.83. The molecule has 0 aromatic carbocycles. The molecule has 0 spiro atoms. The molecule has 50 valence electrons. The molecule has 3 heteroatoms. The molecule has 0 amide bonds. The van der Waals surface area contributed by atoms with Crippen molar-refractivity contribution >= 4 is 5.87 Å². The standard InChI is InChI=1S/C8H2N3/c9-3-6-1-7(4-10)8(2-6)5-11/h1-2H/q-1. The SMILES string of the molecule is N#CC1=CC(=C=[N-])C(C#N)=C1. The van der Waals surface area contributed by atoms with Gasteiger partial charge < -0.3 is 5.41 Å². The third-order valence-corrected chi connectivity index (χ3v) is 1.26. The van der Waals surface area contributed by atoms with Gasteiger partial charge in [-0.15, -0.1) is 0 Å². The first-order chi connectivity index (χ1) is 5.31. The van der Waals surface area contributed by atoms with Crippen molar-refractivity contribution < 1.29 is 0 Å². The van der Waals surface area contributed by atoms with Crippen LogP contribution in [0.1, 0.15) is 0 Å². The second kappa shape index (κ2) is 2.66. The van der Waals surface area contributed by atoms with E-state index in [4.69, 9.17) is 15.9 Å². The van der Waals surface area contributed by atoms with Gasteiger partial charge in [-0.3, -0.25) is 5.87 Å². The van der Waals surface area contributed by atoms with E-state index in [1.807, 2.05) is 18.0 Å². The highest BCUT2D eigenvalue weighted by molar-refractivity contribution is 5.78. The molecule has 0 bridgehead atoms. The van der Waals surface area contributed by atoms with Crippen LogP contribution in [0.4, 0.5) is 0 Å². The largest absolute Gasteiger partial charge is 0.763 e. The zero-order valence-corrected chi connectivity index (χ0v) is 5.50. The predicted octanol–water partition coefficient (Wildman–Crippen LogP) is 1.07. The highest BCUT2D eigenvalue weighted by Crippen LogP contribution is 2.19. The number of allylic oxidation sites excluding steroid dienone is 5. The Morgan fingerprint density at radius 1 is 1.18 bits per heavy atom. The molecular weight excluding hydrogens is 138 g/mol. The molecular formula is C8H2N3-. The number of hydrogen-bond donors (Lipinski definition) is 0. The van der Waals surface area contributed by atoms with Crippen molar-refractivity contribution in [1.82, 2.24) is 0 Å². The Kier molecular flexibility index (Phi) is 1.70. The van der Waals surface area contributed by atoms with Crippen molar-refractivity contribution in [1.29, 1.82) is 10.5 Å². The van der Waals surface area contributed by atoms with E-state index in [0.29, 0.717) is 5.57 Å². The number of nitriles is 2. The summed E-state index contributed by atoms with van der Waals surface area (Å²) in [7, 11) is 0. The lowest BCUT2D eigenvalue weighted by atomic mass is 10.2. The number of hydrogen-bond acceptors (Lipinski definition) is 2. The highest BCUT2D eigenvalue weighted by Gasteiger charge is 2.08. The molecule has 0 atom stereocenters. The van der Waals surface area contributed by atoms with E-state index >= 15 is 0 Å². The molecule has 0 aromatic heterocycles. The average Bonchev–Trinajstić information content (AvgIpc) is 2.46. The summed E-state index contributed by atoms with van der Waals surface area (Å²) in [6, 6.07) is 3.68. The summed E-state index contributed by atoms with van der Waals surface area (Å²) in [6.45, 7) is 0. The summed E-state index contributed by atoms with van der Waals surface area (Å²) in [5.41, 5.74) is 0.895.